The zero-order chi connectivity index (χ0) is 20.1. The zero-order valence-electron chi connectivity index (χ0n) is 17.3. The molecule has 3 aromatic carbocycles. The molecule has 1 atom stereocenters. The minimum atomic E-state index is -0.526. The van der Waals surface area contributed by atoms with Gasteiger partial charge in [-0.25, -0.2) is 0 Å². The molecule has 3 rings (SSSR count). The second kappa shape index (κ2) is 8.74. The molecule has 148 valence electrons. The van der Waals surface area contributed by atoms with E-state index < -0.39 is 5.60 Å². The quantitative estimate of drug-likeness (QED) is 0.263. The first-order valence-electron chi connectivity index (χ1n) is 10.1. The van der Waals surface area contributed by atoms with Crippen LogP contribution in [0.1, 0.15) is 46.1 Å². The predicted molar refractivity (Wildman–Crippen MR) is 115 cm³/mol. The Labute approximate surface area is 167 Å². The van der Waals surface area contributed by atoms with Gasteiger partial charge in [0.25, 0.3) is 0 Å². The highest BCUT2D eigenvalue weighted by molar-refractivity contribution is 6.02. The molecule has 0 heterocycles. The Balaban J connectivity index is 1.69. The van der Waals surface area contributed by atoms with Crippen LogP contribution in [0, 0.1) is 5.92 Å². The Bertz CT molecular complexity index is 904. The number of carbonyl (C=O) groups excluding carboxylic acids is 1. The fraction of sp³-hybridized carbons (Fsp3) is 0.400. The third kappa shape index (κ3) is 4.71. The highest BCUT2D eigenvalue weighted by Gasteiger charge is 2.25. The maximum absolute atomic E-state index is 12.1. The lowest BCUT2D eigenvalue weighted by Gasteiger charge is -2.26. The van der Waals surface area contributed by atoms with Crippen molar-refractivity contribution in [2.75, 3.05) is 6.61 Å². The van der Waals surface area contributed by atoms with Gasteiger partial charge in [0, 0.05) is 6.42 Å². The van der Waals surface area contributed by atoms with Crippen molar-refractivity contribution in [1.82, 2.24) is 0 Å². The van der Waals surface area contributed by atoms with Gasteiger partial charge in [-0.15, -0.1) is 0 Å². The standard InChI is InChI=1S/C25H30O3/c1-5-18(2)24(26)28-25(3,4)14-15-27-17-23-21-12-8-6-10-19(21)16-20-11-7-9-13-22(20)23/h6-13,16,18H,5,14-15,17H2,1-4H3. The normalized spacial score (nSPS) is 13.0. The Hall–Kier alpha value is -2.39. The maximum atomic E-state index is 12.1. The van der Waals surface area contributed by atoms with Crippen molar-refractivity contribution in [3.63, 3.8) is 0 Å². The molecule has 0 N–H and O–H groups in total. The van der Waals surface area contributed by atoms with Crippen LogP contribution < -0.4 is 0 Å². The van der Waals surface area contributed by atoms with Gasteiger partial charge in [-0.2, -0.15) is 0 Å². The van der Waals surface area contributed by atoms with Crippen molar-refractivity contribution < 1.29 is 14.3 Å². The van der Waals surface area contributed by atoms with Gasteiger partial charge in [-0.05, 0) is 53.4 Å². The van der Waals surface area contributed by atoms with E-state index in [0.717, 1.165) is 6.42 Å². The average Bonchev–Trinajstić information content (AvgIpc) is 2.69. The maximum Gasteiger partial charge on any atom is 0.309 e. The second-order valence-corrected chi connectivity index (χ2v) is 8.09. The number of fused-ring (bicyclic) bond motifs is 2. The van der Waals surface area contributed by atoms with Gasteiger partial charge < -0.3 is 9.47 Å². The lowest BCUT2D eigenvalue weighted by molar-refractivity contribution is -0.162. The minimum absolute atomic E-state index is 0.0674. The molecule has 0 saturated carbocycles. The molecule has 1 unspecified atom stereocenters. The molecule has 0 saturated heterocycles. The summed E-state index contributed by atoms with van der Waals surface area (Å²) in [6, 6.07) is 19.1. The topological polar surface area (TPSA) is 35.5 Å². The fourth-order valence-corrected chi connectivity index (χ4v) is 3.35. The summed E-state index contributed by atoms with van der Waals surface area (Å²) in [5.41, 5.74) is 0.685. The van der Waals surface area contributed by atoms with Gasteiger partial charge >= 0.3 is 5.97 Å². The Morgan fingerprint density at radius 3 is 2.14 bits per heavy atom. The van der Waals surface area contributed by atoms with Crippen LogP contribution in [-0.4, -0.2) is 18.2 Å². The highest BCUT2D eigenvalue weighted by atomic mass is 16.6. The number of hydrogen-bond acceptors (Lipinski definition) is 3. The summed E-state index contributed by atoms with van der Waals surface area (Å²) in [5, 5.41) is 4.90. The number of rotatable bonds is 8. The highest BCUT2D eigenvalue weighted by Crippen LogP contribution is 2.29. The molecule has 0 fully saturated rings. The summed E-state index contributed by atoms with van der Waals surface area (Å²) in [6.07, 6.45) is 1.46. The van der Waals surface area contributed by atoms with E-state index in [4.69, 9.17) is 9.47 Å². The number of hydrogen-bond donors (Lipinski definition) is 0. The molecule has 0 spiro atoms. The van der Waals surface area contributed by atoms with Crippen molar-refractivity contribution >= 4 is 27.5 Å². The van der Waals surface area contributed by atoms with Crippen LogP contribution in [0.3, 0.4) is 0 Å². The summed E-state index contributed by atoms with van der Waals surface area (Å²) in [7, 11) is 0. The smallest absolute Gasteiger partial charge is 0.309 e. The summed E-state index contributed by atoms with van der Waals surface area (Å²) in [4.78, 5) is 12.1. The summed E-state index contributed by atoms with van der Waals surface area (Å²) >= 11 is 0. The van der Waals surface area contributed by atoms with Gasteiger partial charge in [-0.1, -0.05) is 62.4 Å². The summed E-state index contributed by atoms with van der Waals surface area (Å²) in [6.45, 7) is 8.88. The van der Waals surface area contributed by atoms with E-state index in [1.807, 2.05) is 27.7 Å². The van der Waals surface area contributed by atoms with Gasteiger partial charge in [0.2, 0.25) is 0 Å². The van der Waals surface area contributed by atoms with Crippen molar-refractivity contribution in [2.45, 2.75) is 52.7 Å². The molecule has 0 aromatic heterocycles. The SMILES string of the molecule is CCC(C)C(=O)OC(C)(C)CCOCc1c2ccccc2cc2ccccc12. The van der Waals surface area contributed by atoms with Crippen LogP contribution >= 0.6 is 0 Å². The number of carbonyl (C=O) groups is 1. The predicted octanol–water partition coefficient (Wildman–Crippen LogP) is 6.27. The molecular weight excluding hydrogens is 348 g/mol. The number of esters is 1. The third-order valence-electron chi connectivity index (χ3n) is 5.37. The summed E-state index contributed by atoms with van der Waals surface area (Å²) in [5.74, 6) is -0.199. The third-order valence-corrected chi connectivity index (χ3v) is 5.37. The van der Waals surface area contributed by atoms with Gasteiger partial charge in [-0.3, -0.25) is 4.79 Å². The van der Waals surface area contributed by atoms with E-state index in [9.17, 15) is 4.79 Å². The van der Waals surface area contributed by atoms with Gasteiger partial charge in [0.1, 0.15) is 5.60 Å². The Morgan fingerprint density at radius 2 is 1.57 bits per heavy atom. The molecule has 0 aliphatic heterocycles. The summed E-state index contributed by atoms with van der Waals surface area (Å²) < 4.78 is 11.7. The molecule has 0 aliphatic carbocycles. The molecule has 3 nitrogen and oxygen atoms in total. The number of ether oxygens (including phenoxy) is 2. The largest absolute Gasteiger partial charge is 0.459 e. The van der Waals surface area contributed by atoms with Gasteiger partial charge in [0.15, 0.2) is 0 Å². The Morgan fingerprint density at radius 1 is 1.00 bits per heavy atom. The zero-order valence-corrected chi connectivity index (χ0v) is 17.3. The van der Waals surface area contributed by atoms with Crippen LogP contribution in [0.2, 0.25) is 0 Å². The first kappa shape index (κ1) is 20.3. The fourth-order valence-electron chi connectivity index (χ4n) is 3.35. The minimum Gasteiger partial charge on any atom is -0.459 e. The lowest BCUT2D eigenvalue weighted by atomic mass is 9.97. The van der Waals surface area contributed by atoms with Crippen molar-refractivity contribution in [3.8, 4) is 0 Å². The van der Waals surface area contributed by atoms with Crippen LogP contribution in [0.25, 0.3) is 21.5 Å². The van der Waals surface area contributed by atoms with E-state index in [0.29, 0.717) is 19.6 Å². The first-order chi connectivity index (χ1) is 13.4. The lowest BCUT2D eigenvalue weighted by Crippen LogP contribution is -2.32. The van der Waals surface area contributed by atoms with E-state index in [2.05, 4.69) is 54.6 Å². The van der Waals surface area contributed by atoms with Crippen LogP contribution in [-0.2, 0) is 20.9 Å². The second-order valence-electron chi connectivity index (χ2n) is 8.09. The molecular formula is C25H30O3. The monoisotopic (exact) mass is 378 g/mol. The molecule has 0 amide bonds. The van der Waals surface area contributed by atoms with Crippen LogP contribution in [0.15, 0.2) is 54.6 Å². The van der Waals surface area contributed by atoms with Crippen LogP contribution in [0.4, 0.5) is 0 Å². The molecule has 0 aliphatic rings. The molecule has 3 aromatic rings. The van der Waals surface area contributed by atoms with Crippen LogP contribution in [0.5, 0.6) is 0 Å². The molecule has 0 radical (unpaired) electrons. The van der Waals surface area contributed by atoms with E-state index in [-0.39, 0.29) is 11.9 Å². The van der Waals surface area contributed by atoms with E-state index in [1.54, 1.807) is 0 Å². The van der Waals surface area contributed by atoms with Gasteiger partial charge in [0.05, 0.1) is 19.1 Å². The van der Waals surface area contributed by atoms with E-state index in [1.165, 1.54) is 27.1 Å². The molecule has 0 bridgehead atoms. The first-order valence-corrected chi connectivity index (χ1v) is 10.1. The van der Waals surface area contributed by atoms with Crippen molar-refractivity contribution in [3.05, 3.63) is 60.2 Å². The van der Waals surface area contributed by atoms with Crippen molar-refractivity contribution in [2.24, 2.45) is 5.92 Å². The van der Waals surface area contributed by atoms with Crippen molar-refractivity contribution in [1.29, 1.82) is 0 Å². The number of benzene rings is 3. The molecule has 28 heavy (non-hydrogen) atoms. The molecule has 3 heteroatoms. The van der Waals surface area contributed by atoms with E-state index >= 15 is 0 Å². The Kier molecular flexibility index (Phi) is 6.35. The average molecular weight is 379 g/mol.